The highest BCUT2D eigenvalue weighted by atomic mass is 19.1. The van der Waals surface area contributed by atoms with E-state index in [-0.39, 0.29) is 35.5 Å². The van der Waals surface area contributed by atoms with Gasteiger partial charge in [0.2, 0.25) is 5.96 Å². The van der Waals surface area contributed by atoms with Crippen LogP contribution in [0.25, 0.3) is 0 Å². The summed E-state index contributed by atoms with van der Waals surface area (Å²) in [4.78, 5) is 8.81. The molecule has 2 heterocycles. The Hall–Kier alpha value is -4.83. The molecule has 0 fully saturated rings. The quantitative estimate of drug-likeness (QED) is 0.365. The normalized spacial score (nSPS) is 14.2. The summed E-state index contributed by atoms with van der Waals surface area (Å²) < 4.78 is 19.3. The zero-order valence-corrected chi connectivity index (χ0v) is 16.6. The van der Waals surface area contributed by atoms with Gasteiger partial charge in [-0.15, -0.1) is 0 Å². The number of nitriles is 2. The molecule has 32 heavy (non-hydrogen) atoms. The summed E-state index contributed by atoms with van der Waals surface area (Å²) in [5.41, 5.74) is 14.3. The number of benzene rings is 2. The van der Waals surface area contributed by atoms with E-state index in [1.165, 1.54) is 12.1 Å². The third-order valence-corrected chi connectivity index (χ3v) is 4.90. The van der Waals surface area contributed by atoms with E-state index < -0.39 is 11.9 Å². The van der Waals surface area contributed by atoms with E-state index in [0.717, 1.165) is 5.56 Å². The van der Waals surface area contributed by atoms with Crippen molar-refractivity contribution in [2.45, 2.75) is 12.6 Å². The molecule has 2 aromatic carbocycles. The molecule has 0 saturated heterocycles. The Morgan fingerprint density at radius 3 is 2.72 bits per heavy atom. The summed E-state index contributed by atoms with van der Waals surface area (Å²) in [6.45, 7) is 0.128. The second-order valence-electron chi connectivity index (χ2n) is 6.85. The third-order valence-electron chi connectivity index (χ3n) is 4.90. The fourth-order valence-corrected chi connectivity index (χ4v) is 3.46. The van der Waals surface area contributed by atoms with Crippen molar-refractivity contribution in [3.05, 3.63) is 76.6 Å². The molecule has 1 aliphatic heterocycles. The van der Waals surface area contributed by atoms with Crippen LogP contribution in [0.15, 0.2) is 53.5 Å². The van der Waals surface area contributed by atoms with Crippen LogP contribution in [0.2, 0.25) is 0 Å². The Balaban J connectivity index is 1.79. The lowest BCUT2D eigenvalue weighted by atomic mass is 9.92. The van der Waals surface area contributed by atoms with Crippen LogP contribution in [0.4, 0.5) is 21.7 Å². The number of nitrogens with zero attached hydrogens (tertiary/aromatic N) is 4. The number of halogens is 1. The SMILES string of the molecule is N#CNC1=NC(c2ccccc2COc2cccc(F)c2)c2c(nc(N)c(C#N)c2N)N1. The Bertz CT molecular complexity index is 1310. The third kappa shape index (κ3) is 3.80. The monoisotopic (exact) mass is 428 g/mol. The second-order valence-corrected chi connectivity index (χ2v) is 6.85. The smallest absolute Gasteiger partial charge is 0.211 e. The molecule has 0 aliphatic carbocycles. The van der Waals surface area contributed by atoms with Crippen LogP contribution in [0.5, 0.6) is 5.75 Å². The first-order valence-corrected chi connectivity index (χ1v) is 9.46. The van der Waals surface area contributed by atoms with Crippen molar-refractivity contribution in [1.29, 1.82) is 10.5 Å². The zero-order chi connectivity index (χ0) is 22.7. The first-order chi connectivity index (χ1) is 15.5. The number of hydrogen-bond donors (Lipinski definition) is 4. The van der Waals surface area contributed by atoms with Gasteiger partial charge < -0.3 is 21.5 Å². The molecule has 1 atom stereocenters. The van der Waals surface area contributed by atoms with Crippen LogP contribution in [0.1, 0.15) is 28.3 Å². The van der Waals surface area contributed by atoms with Gasteiger partial charge in [0, 0.05) is 11.6 Å². The van der Waals surface area contributed by atoms with Gasteiger partial charge in [-0.2, -0.15) is 10.5 Å². The van der Waals surface area contributed by atoms with E-state index in [0.29, 0.717) is 16.9 Å². The lowest BCUT2D eigenvalue weighted by molar-refractivity contribution is 0.303. The van der Waals surface area contributed by atoms with Gasteiger partial charge in [-0.1, -0.05) is 30.3 Å². The van der Waals surface area contributed by atoms with Crippen molar-refractivity contribution in [2.75, 3.05) is 16.8 Å². The number of hydrogen-bond acceptors (Lipinski definition) is 9. The van der Waals surface area contributed by atoms with Crippen molar-refractivity contribution in [1.82, 2.24) is 10.3 Å². The van der Waals surface area contributed by atoms with E-state index in [9.17, 15) is 9.65 Å². The molecule has 3 aromatic rings. The average molecular weight is 428 g/mol. The minimum absolute atomic E-state index is 0.0315. The first-order valence-electron chi connectivity index (χ1n) is 9.46. The molecule has 158 valence electrons. The fourth-order valence-electron chi connectivity index (χ4n) is 3.46. The number of nitrogens with one attached hydrogen (secondary N) is 2. The molecule has 0 saturated carbocycles. The summed E-state index contributed by atoms with van der Waals surface area (Å²) >= 11 is 0. The van der Waals surface area contributed by atoms with Crippen LogP contribution in [-0.4, -0.2) is 10.9 Å². The topological polar surface area (TPSA) is 158 Å². The molecule has 0 amide bonds. The minimum Gasteiger partial charge on any atom is -0.489 e. The minimum atomic E-state index is -0.699. The van der Waals surface area contributed by atoms with Gasteiger partial charge in [0.05, 0.1) is 5.69 Å². The van der Waals surface area contributed by atoms with Crippen molar-refractivity contribution < 1.29 is 9.13 Å². The standard InChI is InChI=1S/C22H17FN8O/c23-13-5-3-6-14(8-13)32-10-12-4-1-2-7-15(12)19-17-18(26)16(9-24)20(27)30-21(17)31-22(29-19)28-11-25/h1-8,19H,10H2,(H6,26,27,28,29,30,31). The van der Waals surface area contributed by atoms with Crippen LogP contribution < -0.4 is 26.8 Å². The number of rotatable bonds is 4. The van der Waals surface area contributed by atoms with E-state index in [4.69, 9.17) is 21.5 Å². The maximum absolute atomic E-state index is 13.5. The molecule has 9 nitrogen and oxygen atoms in total. The van der Waals surface area contributed by atoms with Gasteiger partial charge in [0.15, 0.2) is 6.19 Å². The van der Waals surface area contributed by atoms with Gasteiger partial charge in [-0.05, 0) is 23.3 Å². The first kappa shape index (κ1) is 20.4. The second kappa shape index (κ2) is 8.50. The molecule has 6 N–H and O–H groups in total. The zero-order valence-electron chi connectivity index (χ0n) is 16.6. The number of nitrogen functional groups attached to an aromatic ring is 2. The summed E-state index contributed by atoms with van der Waals surface area (Å²) in [5, 5.41) is 23.9. The number of nitrogens with two attached hydrogens (primary N) is 2. The Labute approximate surface area is 182 Å². The lowest BCUT2D eigenvalue weighted by Gasteiger charge is -2.27. The van der Waals surface area contributed by atoms with Crippen molar-refractivity contribution in [3.8, 4) is 18.0 Å². The summed E-state index contributed by atoms with van der Waals surface area (Å²) in [5.74, 6) is 0.386. The summed E-state index contributed by atoms with van der Waals surface area (Å²) in [6, 6.07) is 14.4. The van der Waals surface area contributed by atoms with Gasteiger partial charge in [-0.25, -0.2) is 14.4 Å². The highest BCUT2D eigenvalue weighted by Crippen LogP contribution is 2.41. The number of fused-ring (bicyclic) bond motifs is 1. The number of ether oxygens (including phenoxy) is 1. The highest BCUT2D eigenvalue weighted by Gasteiger charge is 2.30. The van der Waals surface area contributed by atoms with Crippen LogP contribution in [0, 0.1) is 28.6 Å². The fraction of sp³-hybridized carbons (Fsp3) is 0.0909. The van der Waals surface area contributed by atoms with Crippen molar-refractivity contribution in [3.63, 3.8) is 0 Å². The average Bonchev–Trinajstić information content (AvgIpc) is 2.78. The Kier molecular flexibility index (Phi) is 5.43. The van der Waals surface area contributed by atoms with Crippen LogP contribution in [0.3, 0.4) is 0 Å². The molecule has 1 aliphatic rings. The molecular formula is C22H17FN8O. The number of anilines is 3. The van der Waals surface area contributed by atoms with Crippen molar-refractivity contribution >= 4 is 23.3 Å². The molecule has 4 rings (SSSR count). The molecule has 1 unspecified atom stereocenters. The highest BCUT2D eigenvalue weighted by molar-refractivity contribution is 5.98. The van der Waals surface area contributed by atoms with Crippen LogP contribution >= 0.6 is 0 Å². The van der Waals surface area contributed by atoms with Gasteiger partial charge in [0.1, 0.15) is 47.5 Å². The number of guanidine groups is 1. The van der Waals surface area contributed by atoms with Gasteiger partial charge >= 0.3 is 0 Å². The molecule has 10 heteroatoms. The molecule has 0 bridgehead atoms. The summed E-state index contributed by atoms with van der Waals surface area (Å²) in [7, 11) is 0. The molecule has 0 radical (unpaired) electrons. The predicted octanol–water partition coefficient (Wildman–Crippen LogP) is 2.78. The lowest BCUT2D eigenvalue weighted by Crippen LogP contribution is -2.33. The van der Waals surface area contributed by atoms with E-state index in [2.05, 4.69) is 20.6 Å². The Morgan fingerprint density at radius 1 is 1.16 bits per heavy atom. The number of aromatic nitrogens is 1. The predicted molar refractivity (Wildman–Crippen MR) is 117 cm³/mol. The molecule has 0 spiro atoms. The number of pyridine rings is 1. The maximum atomic E-state index is 13.5. The number of aliphatic imine (C=N–C) groups is 1. The van der Waals surface area contributed by atoms with Crippen LogP contribution in [-0.2, 0) is 6.61 Å². The maximum Gasteiger partial charge on any atom is 0.211 e. The van der Waals surface area contributed by atoms with Gasteiger partial charge in [0.25, 0.3) is 0 Å². The van der Waals surface area contributed by atoms with Crippen molar-refractivity contribution in [2.24, 2.45) is 4.99 Å². The summed E-state index contributed by atoms with van der Waals surface area (Å²) in [6.07, 6.45) is 1.81. The van der Waals surface area contributed by atoms with E-state index >= 15 is 0 Å². The van der Waals surface area contributed by atoms with E-state index in [1.807, 2.05) is 36.5 Å². The Morgan fingerprint density at radius 2 is 1.97 bits per heavy atom. The molecule has 1 aromatic heterocycles. The molecular weight excluding hydrogens is 411 g/mol. The van der Waals surface area contributed by atoms with Gasteiger partial charge in [-0.3, -0.25) is 5.32 Å². The largest absolute Gasteiger partial charge is 0.489 e. The van der Waals surface area contributed by atoms with E-state index in [1.54, 1.807) is 12.1 Å².